The van der Waals surface area contributed by atoms with Crippen LogP contribution in [0.1, 0.15) is 48.2 Å². The third-order valence-electron chi connectivity index (χ3n) is 4.43. The number of carbonyl (C=O) groups is 3. The summed E-state index contributed by atoms with van der Waals surface area (Å²) < 4.78 is 6.82. The van der Waals surface area contributed by atoms with Gasteiger partial charge < -0.3 is 9.36 Å². The van der Waals surface area contributed by atoms with Crippen molar-refractivity contribution in [1.82, 2.24) is 14.8 Å². The highest BCUT2D eigenvalue weighted by atomic mass is 16.7. The molecule has 0 aliphatic carbocycles. The van der Waals surface area contributed by atoms with E-state index in [0.717, 1.165) is 5.69 Å². The standard InChI is InChI=1S/C19H15N3O5/c1-10-8-15(12(3)21(10)16-9-11(2)26-20-16)19(25)27-22-17(23)13-6-4-5-7-14(13)18(22)24/h4-9H,1-3H3. The molecule has 0 N–H and O–H groups in total. The van der Waals surface area contributed by atoms with E-state index in [4.69, 9.17) is 9.36 Å². The molecular formula is C19H15N3O5. The number of benzene rings is 1. The Bertz CT molecular complexity index is 1070. The van der Waals surface area contributed by atoms with Gasteiger partial charge in [0.25, 0.3) is 11.8 Å². The van der Waals surface area contributed by atoms with Gasteiger partial charge in [-0.15, -0.1) is 0 Å². The molecule has 0 spiro atoms. The molecule has 1 aliphatic heterocycles. The van der Waals surface area contributed by atoms with E-state index in [1.54, 1.807) is 49.6 Å². The molecule has 0 saturated heterocycles. The highest BCUT2D eigenvalue weighted by molar-refractivity contribution is 6.21. The van der Waals surface area contributed by atoms with Gasteiger partial charge in [-0.2, -0.15) is 0 Å². The SMILES string of the molecule is Cc1cc(-n2c(C)cc(C(=O)ON3C(=O)c4ccccc4C3=O)c2C)no1. The maximum absolute atomic E-state index is 12.6. The van der Waals surface area contributed by atoms with Crippen LogP contribution in [0.4, 0.5) is 0 Å². The molecular weight excluding hydrogens is 350 g/mol. The van der Waals surface area contributed by atoms with Crippen LogP contribution in [0.25, 0.3) is 5.82 Å². The first-order chi connectivity index (χ1) is 12.9. The van der Waals surface area contributed by atoms with E-state index >= 15 is 0 Å². The van der Waals surface area contributed by atoms with Crippen molar-refractivity contribution in [3.05, 3.63) is 70.2 Å². The van der Waals surface area contributed by atoms with Gasteiger partial charge in [0.1, 0.15) is 5.76 Å². The second-order valence-corrected chi connectivity index (χ2v) is 6.24. The monoisotopic (exact) mass is 365 g/mol. The Morgan fingerprint density at radius 1 is 1.04 bits per heavy atom. The Morgan fingerprint density at radius 3 is 2.22 bits per heavy atom. The van der Waals surface area contributed by atoms with Crippen molar-refractivity contribution in [2.45, 2.75) is 20.8 Å². The summed E-state index contributed by atoms with van der Waals surface area (Å²) in [5, 5.41) is 4.45. The summed E-state index contributed by atoms with van der Waals surface area (Å²) in [6, 6.07) is 9.66. The van der Waals surface area contributed by atoms with Crippen LogP contribution in [-0.4, -0.2) is 32.6 Å². The summed E-state index contributed by atoms with van der Waals surface area (Å²) in [5.74, 6) is -0.964. The average Bonchev–Trinajstić information content (AvgIpc) is 3.26. The van der Waals surface area contributed by atoms with Crippen molar-refractivity contribution in [3.8, 4) is 5.82 Å². The van der Waals surface area contributed by atoms with Crippen LogP contribution in [-0.2, 0) is 4.84 Å². The van der Waals surface area contributed by atoms with Gasteiger partial charge in [-0.3, -0.25) is 14.2 Å². The zero-order chi connectivity index (χ0) is 19.3. The molecule has 2 amide bonds. The van der Waals surface area contributed by atoms with Crippen molar-refractivity contribution in [2.24, 2.45) is 0 Å². The lowest BCUT2D eigenvalue weighted by Crippen LogP contribution is -2.32. The van der Waals surface area contributed by atoms with Crippen LogP contribution in [0.5, 0.6) is 0 Å². The number of aromatic nitrogens is 2. The van der Waals surface area contributed by atoms with E-state index in [-0.39, 0.29) is 16.7 Å². The number of imide groups is 1. The lowest BCUT2D eigenvalue weighted by atomic mass is 10.1. The summed E-state index contributed by atoms with van der Waals surface area (Å²) >= 11 is 0. The first kappa shape index (κ1) is 16.8. The first-order valence-electron chi connectivity index (χ1n) is 8.21. The number of rotatable bonds is 3. The first-order valence-corrected chi connectivity index (χ1v) is 8.21. The van der Waals surface area contributed by atoms with Gasteiger partial charge in [-0.25, -0.2) is 4.79 Å². The number of nitrogens with zero attached hydrogens (tertiary/aromatic N) is 3. The number of amides is 2. The molecule has 0 unspecified atom stereocenters. The van der Waals surface area contributed by atoms with E-state index in [1.807, 2.05) is 0 Å². The molecule has 136 valence electrons. The van der Waals surface area contributed by atoms with Crippen LogP contribution in [0, 0.1) is 20.8 Å². The highest BCUT2D eigenvalue weighted by Gasteiger charge is 2.39. The fourth-order valence-corrected chi connectivity index (χ4v) is 3.16. The Balaban J connectivity index is 1.64. The topological polar surface area (TPSA) is 94.6 Å². The molecule has 8 heteroatoms. The van der Waals surface area contributed by atoms with Gasteiger partial charge in [0, 0.05) is 17.5 Å². The Kier molecular flexibility index (Phi) is 3.69. The summed E-state index contributed by atoms with van der Waals surface area (Å²) in [7, 11) is 0. The van der Waals surface area contributed by atoms with Crippen molar-refractivity contribution >= 4 is 17.8 Å². The van der Waals surface area contributed by atoms with Crippen LogP contribution < -0.4 is 0 Å². The summed E-state index contributed by atoms with van der Waals surface area (Å²) in [6.45, 7) is 5.29. The smallest absolute Gasteiger partial charge is 0.360 e. The fourth-order valence-electron chi connectivity index (χ4n) is 3.16. The summed E-state index contributed by atoms with van der Waals surface area (Å²) in [6.07, 6.45) is 0. The Labute approximate surface area is 153 Å². The van der Waals surface area contributed by atoms with Gasteiger partial charge in [0.2, 0.25) is 0 Å². The van der Waals surface area contributed by atoms with Gasteiger partial charge in [-0.05, 0) is 39.0 Å². The molecule has 0 bridgehead atoms. The van der Waals surface area contributed by atoms with Gasteiger partial charge in [-0.1, -0.05) is 22.4 Å². The van der Waals surface area contributed by atoms with E-state index in [9.17, 15) is 14.4 Å². The minimum Gasteiger partial charge on any atom is -0.360 e. The van der Waals surface area contributed by atoms with E-state index < -0.39 is 17.8 Å². The molecule has 3 heterocycles. The lowest BCUT2D eigenvalue weighted by Gasteiger charge is -2.12. The quantitative estimate of drug-likeness (QED) is 0.663. The minimum absolute atomic E-state index is 0.207. The van der Waals surface area contributed by atoms with Crippen molar-refractivity contribution in [2.75, 3.05) is 0 Å². The third kappa shape index (κ3) is 2.53. The average molecular weight is 365 g/mol. The molecule has 1 aromatic carbocycles. The van der Waals surface area contributed by atoms with E-state index in [1.165, 1.54) is 12.1 Å². The molecule has 0 fully saturated rings. The molecule has 3 aromatic rings. The molecule has 1 aliphatic rings. The Hall–Kier alpha value is -3.68. The third-order valence-corrected chi connectivity index (χ3v) is 4.43. The second-order valence-electron chi connectivity index (χ2n) is 6.24. The van der Waals surface area contributed by atoms with Crippen LogP contribution >= 0.6 is 0 Å². The molecule has 0 saturated carbocycles. The summed E-state index contributed by atoms with van der Waals surface area (Å²) in [4.78, 5) is 42.5. The number of hydrogen-bond donors (Lipinski definition) is 0. The van der Waals surface area contributed by atoms with Gasteiger partial charge in [0.15, 0.2) is 5.82 Å². The van der Waals surface area contributed by atoms with Crippen molar-refractivity contribution in [1.29, 1.82) is 0 Å². The molecule has 4 rings (SSSR count). The van der Waals surface area contributed by atoms with Crippen LogP contribution in [0.15, 0.2) is 40.9 Å². The number of carbonyl (C=O) groups excluding carboxylic acids is 3. The van der Waals surface area contributed by atoms with E-state index in [0.29, 0.717) is 22.3 Å². The predicted molar refractivity (Wildman–Crippen MR) is 92.4 cm³/mol. The van der Waals surface area contributed by atoms with Crippen molar-refractivity contribution in [3.63, 3.8) is 0 Å². The van der Waals surface area contributed by atoms with E-state index in [2.05, 4.69) is 5.16 Å². The largest absolute Gasteiger partial charge is 0.365 e. The predicted octanol–water partition coefficient (Wildman–Crippen LogP) is 2.76. The second kappa shape index (κ2) is 5.94. The maximum Gasteiger partial charge on any atom is 0.365 e. The van der Waals surface area contributed by atoms with Crippen LogP contribution in [0.3, 0.4) is 0 Å². The zero-order valence-corrected chi connectivity index (χ0v) is 14.8. The molecule has 0 radical (unpaired) electrons. The summed E-state index contributed by atoms with van der Waals surface area (Å²) in [5.41, 5.74) is 1.93. The normalized spacial score (nSPS) is 13.2. The number of aryl methyl sites for hydroxylation is 2. The molecule has 8 nitrogen and oxygen atoms in total. The number of hydrogen-bond acceptors (Lipinski definition) is 6. The molecule has 0 atom stereocenters. The number of hydroxylamine groups is 2. The maximum atomic E-state index is 12.6. The van der Waals surface area contributed by atoms with Gasteiger partial charge >= 0.3 is 5.97 Å². The molecule has 2 aromatic heterocycles. The number of fused-ring (bicyclic) bond motifs is 1. The fraction of sp³-hybridized carbons (Fsp3) is 0.158. The Morgan fingerprint density at radius 2 is 1.67 bits per heavy atom. The minimum atomic E-state index is -0.802. The zero-order valence-electron chi connectivity index (χ0n) is 14.8. The highest BCUT2D eigenvalue weighted by Crippen LogP contribution is 2.25. The molecule has 27 heavy (non-hydrogen) atoms. The van der Waals surface area contributed by atoms with Crippen molar-refractivity contribution < 1.29 is 23.7 Å². The van der Waals surface area contributed by atoms with Crippen LogP contribution in [0.2, 0.25) is 0 Å². The van der Waals surface area contributed by atoms with Gasteiger partial charge in [0.05, 0.1) is 16.7 Å². The lowest BCUT2D eigenvalue weighted by molar-refractivity contribution is -0.0585.